The summed E-state index contributed by atoms with van der Waals surface area (Å²) in [6.07, 6.45) is 5.29. The fourth-order valence-electron chi connectivity index (χ4n) is 3.48. The van der Waals surface area contributed by atoms with Crippen molar-refractivity contribution >= 4 is 0 Å². The van der Waals surface area contributed by atoms with Crippen molar-refractivity contribution in [2.45, 2.75) is 32.6 Å². The molecular formula is C14H28N2O. The molecule has 0 aromatic carbocycles. The molecule has 3 nitrogen and oxygen atoms in total. The number of nitrogens with zero attached hydrogens (tertiary/aromatic N) is 1. The summed E-state index contributed by atoms with van der Waals surface area (Å²) in [5, 5.41) is 3.47. The van der Waals surface area contributed by atoms with E-state index in [0.717, 1.165) is 25.6 Å². The third-order valence-electron chi connectivity index (χ3n) is 4.62. The molecule has 2 heterocycles. The van der Waals surface area contributed by atoms with Gasteiger partial charge in [-0.25, -0.2) is 0 Å². The largest absolute Gasteiger partial charge is 0.384 e. The van der Waals surface area contributed by atoms with Crippen molar-refractivity contribution in [2.75, 3.05) is 46.4 Å². The second-order valence-electron chi connectivity index (χ2n) is 5.98. The second kappa shape index (κ2) is 6.17. The van der Waals surface area contributed by atoms with Crippen molar-refractivity contribution in [3.8, 4) is 0 Å². The molecular weight excluding hydrogens is 212 g/mol. The Balaban J connectivity index is 1.88. The van der Waals surface area contributed by atoms with Gasteiger partial charge < -0.3 is 15.0 Å². The number of likely N-dealkylation sites (tertiary alicyclic amines) is 1. The van der Waals surface area contributed by atoms with E-state index in [1.807, 2.05) is 7.11 Å². The van der Waals surface area contributed by atoms with Crippen LogP contribution >= 0.6 is 0 Å². The van der Waals surface area contributed by atoms with Crippen molar-refractivity contribution in [3.63, 3.8) is 0 Å². The highest BCUT2D eigenvalue weighted by molar-refractivity contribution is 4.89. The number of rotatable bonds is 5. The molecule has 2 rings (SSSR count). The Hall–Kier alpha value is -0.120. The van der Waals surface area contributed by atoms with Gasteiger partial charge in [-0.05, 0) is 44.8 Å². The summed E-state index contributed by atoms with van der Waals surface area (Å²) < 4.78 is 5.49. The Morgan fingerprint density at radius 3 is 2.71 bits per heavy atom. The molecule has 0 aromatic heterocycles. The molecule has 2 aliphatic rings. The average Bonchev–Trinajstić information content (AvgIpc) is 2.78. The van der Waals surface area contributed by atoms with Crippen LogP contribution in [0.1, 0.15) is 32.6 Å². The van der Waals surface area contributed by atoms with E-state index in [-0.39, 0.29) is 0 Å². The molecule has 1 atom stereocenters. The molecule has 2 fully saturated rings. The fraction of sp³-hybridized carbons (Fsp3) is 1.00. The van der Waals surface area contributed by atoms with Gasteiger partial charge in [-0.3, -0.25) is 0 Å². The fourth-order valence-corrected chi connectivity index (χ4v) is 3.48. The van der Waals surface area contributed by atoms with Crippen LogP contribution < -0.4 is 5.32 Å². The van der Waals surface area contributed by atoms with Gasteiger partial charge in [0.2, 0.25) is 0 Å². The standard InChI is InChI=1S/C14H28N2O/c1-3-13-4-9-16(10-13)11-14(12-17-2)5-7-15-8-6-14/h13,15H,3-12H2,1-2H3. The first-order chi connectivity index (χ1) is 8.28. The smallest absolute Gasteiger partial charge is 0.0531 e. The Morgan fingerprint density at radius 2 is 2.12 bits per heavy atom. The molecule has 1 N–H and O–H groups in total. The van der Waals surface area contributed by atoms with Crippen LogP contribution in [0.3, 0.4) is 0 Å². The maximum atomic E-state index is 5.49. The lowest BCUT2D eigenvalue weighted by Gasteiger charge is -2.40. The maximum Gasteiger partial charge on any atom is 0.0531 e. The highest BCUT2D eigenvalue weighted by atomic mass is 16.5. The van der Waals surface area contributed by atoms with E-state index >= 15 is 0 Å². The van der Waals surface area contributed by atoms with Gasteiger partial charge in [0.1, 0.15) is 0 Å². The monoisotopic (exact) mass is 240 g/mol. The molecule has 0 aromatic rings. The Kier molecular flexibility index (Phi) is 4.83. The third kappa shape index (κ3) is 3.43. The predicted octanol–water partition coefficient (Wildman–Crippen LogP) is 1.73. The zero-order valence-corrected chi connectivity index (χ0v) is 11.5. The Labute approximate surface area is 106 Å². The first-order valence-corrected chi connectivity index (χ1v) is 7.20. The third-order valence-corrected chi connectivity index (χ3v) is 4.62. The molecule has 0 amide bonds. The van der Waals surface area contributed by atoms with Crippen LogP contribution in [-0.4, -0.2) is 51.3 Å². The minimum Gasteiger partial charge on any atom is -0.384 e. The maximum absolute atomic E-state index is 5.49. The lowest BCUT2D eigenvalue weighted by Crippen LogP contribution is -2.46. The first kappa shape index (κ1) is 13.3. The molecule has 0 radical (unpaired) electrons. The van der Waals surface area contributed by atoms with Crippen LogP contribution in [0.2, 0.25) is 0 Å². The number of methoxy groups -OCH3 is 1. The Bertz CT molecular complexity index is 221. The normalized spacial score (nSPS) is 29.6. The number of ether oxygens (including phenoxy) is 1. The molecule has 1 unspecified atom stereocenters. The van der Waals surface area contributed by atoms with E-state index in [1.54, 1.807) is 0 Å². The average molecular weight is 240 g/mol. The van der Waals surface area contributed by atoms with E-state index < -0.39 is 0 Å². The van der Waals surface area contributed by atoms with E-state index in [2.05, 4.69) is 17.1 Å². The quantitative estimate of drug-likeness (QED) is 0.792. The summed E-state index contributed by atoms with van der Waals surface area (Å²) in [4.78, 5) is 2.68. The highest BCUT2D eigenvalue weighted by Crippen LogP contribution is 2.32. The lowest BCUT2D eigenvalue weighted by molar-refractivity contribution is 0.0272. The van der Waals surface area contributed by atoms with Crippen molar-refractivity contribution in [1.29, 1.82) is 0 Å². The number of nitrogens with one attached hydrogen (secondary N) is 1. The molecule has 100 valence electrons. The predicted molar refractivity (Wildman–Crippen MR) is 71.3 cm³/mol. The van der Waals surface area contributed by atoms with Gasteiger partial charge in [-0.15, -0.1) is 0 Å². The summed E-state index contributed by atoms with van der Waals surface area (Å²) in [6.45, 7) is 9.44. The minimum atomic E-state index is 0.419. The van der Waals surface area contributed by atoms with Crippen molar-refractivity contribution in [2.24, 2.45) is 11.3 Å². The molecule has 0 spiro atoms. The zero-order valence-electron chi connectivity index (χ0n) is 11.5. The zero-order chi connectivity index (χ0) is 12.1. The first-order valence-electron chi connectivity index (χ1n) is 7.20. The summed E-state index contributed by atoms with van der Waals surface area (Å²) >= 11 is 0. The van der Waals surface area contributed by atoms with E-state index in [1.165, 1.54) is 45.3 Å². The number of piperidine rings is 1. The van der Waals surface area contributed by atoms with E-state index in [4.69, 9.17) is 4.74 Å². The van der Waals surface area contributed by atoms with Gasteiger partial charge >= 0.3 is 0 Å². The molecule has 0 aliphatic carbocycles. The van der Waals surface area contributed by atoms with Gasteiger partial charge in [0.15, 0.2) is 0 Å². The molecule has 2 saturated heterocycles. The highest BCUT2D eigenvalue weighted by Gasteiger charge is 2.35. The summed E-state index contributed by atoms with van der Waals surface area (Å²) in [7, 11) is 1.85. The second-order valence-corrected chi connectivity index (χ2v) is 5.98. The van der Waals surface area contributed by atoms with Gasteiger partial charge in [0.05, 0.1) is 6.61 Å². The van der Waals surface area contributed by atoms with Gasteiger partial charge in [-0.2, -0.15) is 0 Å². The summed E-state index contributed by atoms with van der Waals surface area (Å²) in [5.74, 6) is 0.941. The lowest BCUT2D eigenvalue weighted by atomic mass is 9.79. The van der Waals surface area contributed by atoms with Gasteiger partial charge in [0.25, 0.3) is 0 Å². The van der Waals surface area contributed by atoms with Crippen LogP contribution in [0.5, 0.6) is 0 Å². The number of hydrogen-bond acceptors (Lipinski definition) is 3. The Morgan fingerprint density at radius 1 is 1.35 bits per heavy atom. The van der Waals surface area contributed by atoms with E-state index in [9.17, 15) is 0 Å². The SMILES string of the molecule is CCC1CCN(CC2(COC)CCNCC2)C1. The van der Waals surface area contributed by atoms with Crippen LogP contribution in [0, 0.1) is 11.3 Å². The van der Waals surface area contributed by atoms with Crippen LogP contribution in [0.15, 0.2) is 0 Å². The molecule has 3 heteroatoms. The van der Waals surface area contributed by atoms with E-state index in [0.29, 0.717) is 5.41 Å². The van der Waals surface area contributed by atoms with Crippen molar-refractivity contribution in [3.05, 3.63) is 0 Å². The van der Waals surface area contributed by atoms with Crippen molar-refractivity contribution in [1.82, 2.24) is 10.2 Å². The van der Waals surface area contributed by atoms with Crippen LogP contribution in [0.25, 0.3) is 0 Å². The van der Waals surface area contributed by atoms with Gasteiger partial charge in [-0.1, -0.05) is 13.3 Å². The van der Waals surface area contributed by atoms with Gasteiger partial charge in [0, 0.05) is 25.6 Å². The summed E-state index contributed by atoms with van der Waals surface area (Å²) in [6, 6.07) is 0. The summed E-state index contributed by atoms with van der Waals surface area (Å²) in [5.41, 5.74) is 0.419. The minimum absolute atomic E-state index is 0.419. The molecule has 2 aliphatic heterocycles. The topological polar surface area (TPSA) is 24.5 Å². The molecule has 0 saturated carbocycles. The van der Waals surface area contributed by atoms with Crippen molar-refractivity contribution < 1.29 is 4.74 Å². The molecule has 17 heavy (non-hydrogen) atoms. The van der Waals surface area contributed by atoms with Crippen LogP contribution in [-0.2, 0) is 4.74 Å². The van der Waals surface area contributed by atoms with Crippen LogP contribution in [0.4, 0.5) is 0 Å². The number of hydrogen-bond donors (Lipinski definition) is 1. The molecule has 0 bridgehead atoms.